The van der Waals surface area contributed by atoms with E-state index in [1.807, 2.05) is 11.6 Å². The molecule has 0 aromatic carbocycles. The van der Waals surface area contributed by atoms with Crippen LogP contribution in [0.5, 0.6) is 0 Å². The summed E-state index contributed by atoms with van der Waals surface area (Å²) in [5.41, 5.74) is 2.22. The molecule has 2 aliphatic rings. The minimum absolute atomic E-state index is 0.0177. The predicted octanol–water partition coefficient (Wildman–Crippen LogP) is 0.769. The van der Waals surface area contributed by atoms with Gasteiger partial charge >= 0.3 is 0 Å². The molecular weight excluding hydrogens is 318 g/mol. The van der Waals surface area contributed by atoms with Crippen LogP contribution in [-0.2, 0) is 22.7 Å². The van der Waals surface area contributed by atoms with Crippen molar-refractivity contribution >= 4 is 11.8 Å². The third kappa shape index (κ3) is 3.71. The van der Waals surface area contributed by atoms with E-state index in [2.05, 4.69) is 42.3 Å². The smallest absolute Gasteiger partial charge is 0.245 e. The van der Waals surface area contributed by atoms with Gasteiger partial charge in [-0.1, -0.05) is 13.8 Å². The van der Waals surface area contributed by atoms with Crippen LogP contribution in [-0.4, -0.2) is 63.1 Å². The normalized spacial score (nSPS) is 24.6. The lowest BCUT2D eigenvalue weighted by atomic mass is 9.97. The van der Waals surface area contributed by atoms with Crippen LogP contribution < -0.4 is 5.32 Å². The molecule has 0 bridgehead atoms. The average molecular weight is 347 g/mol. The van der Waals surface area contributed by atoms with Gasteiger partial charge in [0, 0.05) is 44.5 Å². The fourth-order valence-electron chi connectivity index (χ4n) is 3.75. The van der Waals surface area contributed by atoms with E-state index in [1.54, 1.807) is 4.90 Å². The van der Waals surface area contributed by atoms with Crippen molar-refractivity contribution in [2.75, 3.05) is 19.6 Å². The van der Waals surface area contributed by atoms with E-state index in [-0.39, 0.29) is 23.9 Å². The van der Waals surface area contributed by atoms with Crippen molar-refractivity contribution in [2.45, 2.75) is 59.3 Å². The number of nitrogens with one attached hydrogen (secondary N) is 1. The Kier molecular flexibility index (Phi) is 5.13. The molecule has 1 aromatic rings. The van der Waals surface area contributed by atoms with E-state index < -0.39 is 0 Å². The van der Waals surface area contributed by atoms with Crippen LogP contribution in [0.4, 0.5) is 0 Å². The number of carbonyl (C=O) groups excluding carboxylic acids is 2. The standard InChI is InChI=1S/C18H29N5O2/c1-5-22-10-14(13(4)20-22)9-21-6-7-23-16(11-21)17(24)19-15(18(23)25)8-12(2)3/h10,12,15-16H,5-9,11H2,1-4H3,(H,19,24)/t15-,16-/m1/s1. The Morgan fingerprint density at radius 2 is 2.08 bits per heavy atom. The molecule has 0 aliphatic carbocycles. The quantitative estimate of drug-likeness (QED) is 0.854. The Balaban J connectivity index is 1.66. The van der Waals surface area contributed by atoms with E-state index in [0.29, 0.717) is 25.4 Å². The number of fused-ring (bicyclic) bond motifs is 1. The molecule has 3 heterocycles. The Hall–Kier alpha value is -1.89. The first-order valence-corrected chi connectivity index (χ1v) is 9.25. The second kappa shape index (κ2) is 7.15. The van der Waals surface area contributed by atoms with Gasteiger partial charge in [0.1, 0.15) is 12.1 Å². The molecule has 1 aromatic heterocycles. The number of rotatable bonds is 5. The van der Waals surface area contributed by atoms with Gasteiger partial charge in [-0.2, -0.15) is 5.10 Å². The van der Waals surface area contributed by atoms with Crippen LogP contribution in [0, 0.1) is 12.8 Å². The van der Waals surface area contributed by atoms with Crippen molar-refractivity contribution in [3.63, 3.8) is 0 Å². The zero-order valence-corrected chi connectivity index (χ0v) is 15.7. The molecule has 2 fully saturated rings. The number of aromatic nitrogens is 2. The molecule has 3 rings (SSSR count). The molecule has 7 nitrogen and oxygen atoms in total. The summed E-state index contributed by atoms with van der Waals surface area (Å²) in [4.78, 5) is 29.2. The van der Waals surface area contributed by atoms with E-state index in [9.17, 15) is 9.59 Å². The van der Waals surface area contributed by atoms with Gasteiger partial charge in [-0.05, 0) is 26.2 Å². The highest BCUT2D eigenvalue weighted by Gasteiger charge is 2.43. The number of hydrogen-bond acceptors (Lipinski definition) is 4. The Labute approximate surface area is 149 Å². The maximum absolute atomic E-state index is 12.7. The zero-order valence-electron chi connectivity index (χ0n) is 15.7. The summed E-state index contributed by atoms with van der Waals surface area (Å²) in [6, 6.07) is -0.730. The van der Waals surface area contributed by atoms with Crippen LogP contribution >= 0.6 is 0 Å². The van der Waals surface area contributed by atoms with E-state index in [0.717, 1.165) is 25.3 Å². The van der Waals surface area contributed by atoms with Crippen molar-refractivity contribution in [3.8, 4) is 0 Å². The highest BCUT2D eigenvalue weighted by atomic mass is 16.2. The van der Waals surface area contributed by atoms with Crippen LogP contribution in [0.15, 0.2) is 6.20 Å². The lowest BCUT2D eigenvalue weighted by Gasteiger charge is -2.45. The van der Waals surface area contributed by atoms with Gasteiger partial charge in [-0.15, -0.1) is 0 Å². The maximum atomic E-state index is 12.7. The predicted molar refractivity (Wildman–Crippen MR) is 94.8 cm³/mol. The van der Waals surface area contributed by atoms with Gasteiger partial charge in [0.15, 0.2) is 0 Å². The van der Waals surface area contributed by atoms with Gasteiger partial charge < -0.3 is 10.2 Å². The first-order valence-electron chi connectivity index (χ1n) is 9.25. The molecule has 25 heavy (non-hydrogen) atoms. The summed E-state index contributed by atoms with van der Waals surface area (Å²) in [7, 11) is 0. The third-order valence-electron chi connectivity index (χ3n) is 5.14. The topological polar surface area (TPSA) is 70.5 Å². The van der Waals surface area contributed by atoms with Crippen LogP contribution in [0.25, 0.3) is 0 Å². The monoisotopic (exact) mass is 347 g/mol. The summed E-state index contributed by atoms with van der Waals surface area (Å²) in [6.07, 6.45) is 2.78. The van der Waals surface area contributed by atoms with Crippen LogP contribution in [0.1, 0.15) is 38.4 Å². The summed E-state index contributed by atoms with van der Waals surface area (Å²) in [5.74, 6) is 0.439. The van der Waals surface area contributed by atoms with Gasteiger partial charge in [0.2, 0.25) is 11.8 Å². The van der Waals surface area contributed by atoms with Crippen LogP contribution in [0.2, 0.25) is 0 Å². The zero-order chi connectivity index (χ0) is 18.1. The minimum atomic E-state index is -0.369. The van der Waals surface area contributed by atoms with Crippen molar-refractivity contribution < 1.29 is 9.59 Å². The molecule has 1 N–H and O–H groups in total. The molecule has 2 atom stereocenters. The molecule has 0 spiro atoms. The van der Waals surface area contributed by atoms with Crippen molar-refractivity contribution in [1.29, 1.82) is 0 Å². The molecule has 2 aliphatic heterocycles. The fourth-order valence-corrected chi connectivity index (χ4v) is 3.75. The molecule has 2 saturated heterocycles. The lowest BCUT2D eigenvalue weighted by molar-refractivity contribution is -0.153. The molecule has 2 amide bonds. The Morgan fingerprint density at radius 3 is 2.72 bits per heavy atom. The maximum Gasteiger partial charge on any atom is 0.245 e. The van der Waals surface area contributed by atoms with E-state index in [4.69, 9.17) is 0 Å². The number of carbonyl (C=O) groups is 2. The number of nitrogens with zero attached hydrogens (tertiary/aromatic N) is 4. The minimum Gasteiger partial charge on any atom is -0.342 e. The first kappa shape index (κ1) is 17.9. The van der Waals surface area contributed by atoms with Gasteiger partial charge in [-0.3, -0.25) is 19.2 Å². The highest BCUT2D eigenvalue weighted by molar-refractivity contribution is 5.97. The summed E-state index contributed by atoms with van der Waals surface area (Å²) in [6.45, 7) is 11.9. The number of hydrogen-bond donors (Lipinski definition) is 1. The van der Waals surface area contributed by atoms with Gasteiger partial charge in [-0.25, -0.2) is 0 Å². The largest absolute Gasteiger partial charge is 0.342 e. The molecular formula is C18H29N5O2. The second-order valence-corrected chi connectivity index (χ2v) is 7.57. The Morgan fingerprint density at radius 1 is 1.32 bits per heavy atom. The molecule has 0 saturated carbocycles. The van der Waals surface area contributed by atoms with Gasteiger partial charge in [0.25, 0.3) is 0 Å². The number of amides is 2. The van der Waals surface area contributed by atoms with E-state index in [1.165, 1.54) is 5.56 Å². The number of aryl methyl sites for hydroxylation is 2. The summed E-state index contributed by atoms with van der Waals surface area (Å²) in [5, 5.41) is 7.42. The SMILES string of the molecule is CCn1cc(CN2CCN3C(=O)[C@@H](CC(C)C)NC(=O)[C@H]3C2)c(C)n1. The van der Waals surface area contributed by atoms with Crippen molar-refractivity contribution in [3.05, 3.63) is 17.5 Å². The molecule has 0 unspecified atom stereocenters. The van der Waals surface area contributed by atoms with E-state index >= 15 is 0 Å². The molecule has 7 heteroatoms. The van der Waals surface area contributed by atoms with Crippen LogP contribution in [0.3, 0.4) is 0 Å². The second-order valence-electron chi connectivity index (χ2n) is 7.57. The van der Waals surface area contributed by atoms with Gasteiger partial charge in [0.05, 0.1) is 5.69 Å². The summed E-state index contributed by atoms with van der Waals surface area (Å²) >= 11 is 0. The fraction of sp³-hybridized carbons (Fsp3) is 0.722. The van der Waals surface area contributed by atoms with Crippen molar-refractivity contribution in [2.24, 2.45) is 5.92 Å². The van der Waals surface area contributed by atoms with Crippen molar-refractivity contribution in [1.82, 2.24) is 24.9 Å². The molecule has 0 radical (unpaired) electrons. The number of piperazine rings is 2. The average Bonchev–Trinajstić information content (AvgIpc) is 2.92. The first-order chi connectivity index (χ1) is 11.9. The lowest BCUT2D eigenvalue weighted by Crippen LogP contribution is -2.69. The Bertz CT molecular complexity index is 654. The summed E-state index contributed by atoms with van der Waals surface area (Å²) < 4.78 is 1.94. The third-order valence-corrected chi connectivity index (χ3v) is 5.14. The highest BCUT2D eigenvalue weighted by Crippen LogP contribution is 2.21. The molecule has 138 valence electrons.